The minimum atomic E-state index is -3.63. The molecular weight excluding hydrogens is 459 g/mol. The van der Waals surface area contributed by atoms with Gasteiger partial charge < -0.3 is 10.1 Å². The molecule has 0 saturated carbocycles. The van der Waals surface area contributed by atoms with E-state index in [0.717, 1.165) is 4.31 Å². The maximum atomic E-state index is 14.4. The lowest BCUT2D eigenvalue weighted by Gasteiger charge is -2.19. The normalized spacial score (nSPS) is 12.8. The molecule has 1 aromatic carbocycles. The smallest absolute Gasteiger partial charge is 0.407 e. The summed E-state index contributed by atoms with van der Waals surface area (Å²) in [4.78, 5) is 11.7. The molecule has 1 aromatic heterocycles. The van der Waals surface area contributed by atoms with Crippen LogP contribution in [0.4, 0.5) is 9.18 Å². The van der Waals surface area contributed by atoms with Gasteiger partial charge in [-0.2, -0.15) is 5.10 Å². The van der Waals surface area contributed by atoms with Crippen LogP contribution >= 0.6 is 11.6 Å². The molecule has 0 aliphatic heterocycles. The Morgan fingerprint density at radius 3 is 2.59 bits per heavy atom. The summed E-state index contributed by atoms with van der Waals surface area (Å²) in [5.41, 5.74) is 0.993. The summed E-state index contributed by atoms with van der Waals surface area (Å²) in [5, 5.41) is 6.75. The molecule has 1 heterocycles. The zero-order valence-corrected chi connectivity index (χ0v) is 20.5. The van der Waals surface area contributed by atoms with Gasteiger partial charge in [-0.15, -0.1) is 0 Å². The lowest BCUT2D eigenvalue weighted by Crippen LogP contribution is -2.32. The molecule has 0 fully saturated rings. The van der Waals surface area contributed by atoms with Crippen LogP contribution in [-0.2, 0) is 21.3 Å². The van der Waals surface area contributed by atoms with Gasteiger partial charge in [-0.3, -0.25) is 4.68 Å². The van der Waals surface area contributed by atoms with Crippen LogP contribution in [0.2, 0.25) is 5.15 Å². The monoisotopic (exact) mass is 486 g/mol. The third-order valence-electron chi connectivity index (χ3n) is 4.33. The fraction of sp³-hybridized carbons (Fsp3) is 0.429. The highest BCUT2D eigenvalue weighted by Gasteiger charge is 2.21. The topological polar surface area (TPSA) is 93.5 Å². The van der Waals surface area contributed by atoms with Crippen molar-refractivity contribution < 1.29 is 22.3 Å². The average molecular weight is 487 g/mol. The molecule has 0 spiro atoms. The average Bonchev–Trinajstić information content (AvgIpc) is 2.93. The van der Waals surface area contributed by atoms with E-state index in [0.29, 0.717) is 16.8 Å². The fourth-order valence-corrected chi connectivity index (χ4v) is 4.07. The van der Waals surface area contributed by atoms with Gasteiger partial charge in [0.1, 0.15) is 11.4 Å². The molecule has 0 radical (unpaired) electrons. The van der Waals surface area contributed by atoms with Crippen LogP contribution < -0.4 is 5.32 Å². The van der Waals surface area contributed by atoms with Crippen molar-refractivity contribution in [1.82, 2.24) is 19.4 Å². The molecule has 1 amide bonds. The van der Waals surface area contributed by atoms with Crippen molar-refractivity contribution in [2.45, 2.75) is 44.7 Å². The number of halogens is 2. The summed E-state index contributed by atoms with van der Waals surface area (Å²) in [6.45, 7) is 6.67. The van der Waals surface area contributed by atoms with Crippen molar-refractivity contribution in [3.63, 3.8) is 0 Å². The van der Waals surface area contributed by atoms with Gasteiger partial charge >= 0.3 is 6.09 Å². The zero-order chi connectivity index (χ0) is 24.3. The number of hydrogen-bond acceptors (Lipinski definition) is 5. The number of aromatic nitrogens is 2. The van der Waals surface area contributed by atoms with E-state index < -0.39 is 27.5 Å². The Hall–Kier alpha value is -2.43. The molecule has 0 aliphatic carbocycles. The Morgan fingerprint density at radius 2 is 2.00 bits per heavy atom. The van der Waals surface area contributed by atoms with E-state index in [1.165, 1.54) is 37.0 Å². The molecule has 1 N–H and O–H groups in total. The molecule has 0 bridgehead atoms. The van der Waals surface area contributed by atoms with Gasteiger partial charge in [0.2, 0.25) is 10.0 Å². The highest BCUT2D eigenvalue weighted by molar-refractivity contribution is 7.89. The number of nitrogens with one attached hydrogen (secondary N) is 1. The first kappa shape index (κ1) is 25.8. The molecule has 2 aromatic rings. The van der Waals surface area contributed by atoms with Crippen LogP contribution in [0.1, 0.15) is 26.5 Å². The van der Waals surface area contributed by atoms with Crippen molar-refractivity contribution in [1.29, 1.82) is 0 Å². The SMILES string of the molecule is Cc1c(-c2cccc(S(=O)(=O)N(C)C)c2)c(Cl)nn1C/C(F)=C/CNC(=O)OC(C)(C)C. The van der Waals surface area contributed by atoms with Crippen LogP contribution in [0.3, 0.4) is 0 Å². The minimum Gasteiger partial charge on any atom is -0.444 e. The van der Waals surface area contributed by atoms with E-state index in [-0.39, 0.29) is 23.1 Å². The number of rotatable bonds is 7. The van der Waals surface area contributed by atoms with Gasteiger partial charge in [0, 0.05) is 31.9 Å². The number of carbonyl (C=O) groups excluding carboxylic acids is 1. The molecule has 0 atom stereocenters. The first-order valence-corrected chi connectivity index (χ1v) is 11.6. The summed E-state index contributed by atoms with van der Waals surface area (Å²) in [6.07, 6.45) is 0.567. The van der Waals surface area contributed by atoms with E-state index in [4.69, 9.17) is 16.3 Å². The number of carbonyl (C=O) groups is 1. The minimum absolute atomic E-state index is 0.0495. The summed E-state index contributed by atoms with van der Waals surface area (Å²) in [7, 11) is -0.726. The summed E-state index contributed by atoms with van der Waals surface area (Å²) in [6, 6.07) is 6.33. The molecule has 0 saturated heterocycles. The second-order valence-electron chi connectivity index (χ2n) is 8.26. The van der Waals surface area contributed by atoms with E-state index in [1.54, 1.807) is 39.8 Å². The Labute approximate surface area is 193 Å². The van der Waals surface area contributed by atoms with E-state index >= 15 is 0 Å². The molecule has 11 heteroatoms. The molecule has 176 valence electrons. The standard InChI is InChI=1S/C21H28ClFN4O4S/c1-14-18(15-8-7-9-17(12-15)32(29,30)26(5)6)19(22)25-27(14)13-16(23)10-11-24-20(28)31-21(2,3)4/h7-10,12H,11,13H2,1-6H3,(H,24,28)/b16-10-. The quantitative estimate of drug-likeness (QED) is 0.634. The van der Waals surface area contributed by atoms with Crippen LogP contribution in [0, 0.1) is 6.92 Å². The number of nitrogens with zero attached hydrogens (tertiary/aromatic N) is 3. The Morgan fingerprint density at radius 1 is 1.34 bits per heavy atom. The third-order valence-corrected chi connectivity index (χ3v) is 6.41. The van der Waals surface area contributed by atoms with E-state index in [2.05, 4.69) is 10.4 Å². The first-order chi connectivity index (χ1) is 14.7. The molecule has 2 rings (SSSR count). The molecule has 8 nitrogen and oxygen atoms in total. The number of amides is 1. The van der Waals surface area contributed by atoms with Crippen LogP contribution in [0.25, 0.3) is 11.1 Å². The van der Waals surface area contributed by atoms with Gasteiger partial charge in [0.05, 0.1) is 11.4 Å². The maximum Gasteiger partial charge on any atom is 0.407 e. The second-order valence-corrected chi connectivity index (χ2v) is 10.8. The lowest BCUT2D eigenvalue weighted by molar-refractivity contribution is 0.0534. The number of alkyl carbamates (subject to hydrolysis) is 1. The van der Waals surface area contributed by atoms with Crippen LogP contribution in [0.15, 0.2) is 41.1 Å². The third kappa shape index (κ3) is 6.54. The molecule has 32 heavy (non-hydrogen) atoms. The highest BCUT2D eigenvalue weighted by Crippen LogP contribution is 2.32. The summed E-state index contributed by atoms with van der Waals surface area (Å²) < 4.78 is 46.9. The number of hydrogen-bond donors (Lipinski definition) is 1. The number of benzene rings is 1. The van der Waals surface area contributed by atoms with E-state index in [1.807, 2.05) is 0 Å². The Kier molecular flexibility index (Phi) is 8.08. The van der Waals surface area contributed by atoms with Gasteiger partial charge in [-0.25, -0.2) is 21.9 Å². The predicted octanol–water partition coefficient (Wildman–Crippen LogP) is 4.14. The molecule has 0 unspecified atom stereocenters. The number of ether oxygens (including phenoxy) is 1. The highest BCUT2D eigenvalue weighted by atomic mass is 35.5. The Balaban J connectivity index is 2.20. The van der Waals surface area contributed by atoms with Crippen molar-refractivity contribution >= 4 is 27.7 Å². The van der Waals surface area contributed by atoms with Crippen molar-refractivity contribution in [3.8, 4) is 11.1 Å². The first-order valence-electron chi connectivity index (χ1n) is 9.79. The maximum absolute atomic E-state index is 14.4. The van der Waals surface area contributed by atoms with Gasteiger partial charge in [-0.05, 0) is 51.5 Å². The van der Waals surface area contributed by atoms with E-state index in [9.17, 15) is 17.6 Å². The second kappa shape index (κ2) is 10.0. The fourth-order valence-electron chi connectivity index (χ4n) is 2.78. The number of allylic oxidation sites excluding steroid dienone is 1. The summed E-state index contributed by atoms with van der Waals surface area (Å²) in [5.74, 6) is -0.529. The summed E-state index contributed by atoms with van der Waals surface area (Å²) >= 11 is 6.30. The largest absolute Gasteiger partial charge is 0.444 e. The lowest BCUT2D eigenvalue weighted by atomic mass is 10.1. The molecular formula is C21H28ClFN4O4S. The number of sulfonamides is 1. The van der Waals surface area contributed by atoms with Crippen LogP contribution in [0.5, 0.6) is 0 Å². The van der Waals surface area contributed by atoms with Crippen LogP contribution in [-0.4, -0.2) is 54.8 Å². The molecule has 0 aliphatic rings. The van der Waals surface area contributed by atoms with Crippen molar-refractivity contribution in [2.75, 3.05) is 20.6 Å². The van der Waals surface area contributed by atoms with Crippen molar-refractivity contribution in [3.05, 3.63) is 47.0 Å². The Bertz CT molecular complexity index is 1120. The van der Waals surface area contributed by atoms with Gasteiger partial charge in [-0.1, -0.05) is 23.7 Å². The van der Waals surface area contributed by atoms with Gasteiger partial charge in [0.25, 0.3) is 0 Å². The zero-order valence-electron chi connectivity index (χ0n) is 18.9. The van der Waals surface area contributed by atoms with Crippen molar-refractivity contribution in [2.24, 2.45) is 0 Å². The van der Waals surface area contributed by atoms with Gasteiger partial charge in [0.15, 0.2) is 5.15 Å². The predicted molar refractivity (Wildman–Crippen MR) is 122 cm³/mol.